The van der Waals surface area contributed by atoms with Crippen molar-refractivity contribution in [1.29, 1.82) is 0 Å². The smallest absolute Gasteiger partial charge is 0.191 e. The quantitative estimate of drug-likeness (QED) is 0.304. The summed E-state index contributed by atoms with van der Waals surface area (Å²) in [5.74, 6) is 2.45. The van der Waals surface area contributed by atoms with E-state index in [2.05, 4.69) is 57.3 Å². The van der Waals surface area contributed by atoms with Crippen LogP contribution in [0.5, 0.6) is 0 Å². The number of anilines is 1. The number of hydrogen-bond acceptors (Lipinski definition) is 5. The summed E-state index contributed by atoms with van der Waals surface area (Å²) in [6.07, 6.45) is 6.50. The summed E-state index contributed by atoms with van der Waals surface area (Å²) in [4.78, 5) is 13.2. The summed E-state index contributed by atoms with van der Waals surface area (Å²) in [6.45, 7) is 6.90. The molecular formula is C23H36N6S. The molecule has 0 aromatic carbocycles. The van der Waals surface area contributed by atoms with Crippen LogP contribution in [0.1, 0.15) is 43.5 Å². The lowest BCUT2D eigenvalue weighted by molar-refractivity contribution is 0.128. The van der Waals surface area contributed by atoms with Gasteiger partial charge in [-0.3, -0.25) is 9.89 Å². The maximum absolute atomic E-state index is 4.94. The van der Waals surface area contributed by atoms with Gasteiger partial charge < -0.3 is 16.0 Å². The highest BCUT2D eigenvalue weighted by molar-refractivity contribution is 7.10. The minimum Gasteiger partial charge on any atom is -0.370 e. The van der Waals surface area contributed by atoms with Gasteiger partial charge in [0.1, 0.15) is 5.82 Å². The van der Waals surface area contributed by atoms with Gasteiger partial charge in [0.15, 0.2) is 5.96 Å². The average molecular weight is 429 g/mol. The van der Waals surface area contributed by atoms with E-state index in [0.29, 0.717) is 12.0 Å². The Kier molecular flexibility index (Phi) is 9.44. The lowest BCUT2D eigenvalue weighted by Crippen LogP contribution is -2.40. The van der Waals surface area contributed by atoms with Crippen LogP contribution in [0.3, 0.4) is 0 Å². The van der Waals surface area contributed by atoms with Gasteiger partial charge in [0, 0.05) is 43.3 Å². The van der Waals surface area contributed by atoms with Gasteiger partial charge in [0.05, 0.1) is 0 Å². The predicted molar refractivity (Wildman–Crippen MR) is 128 cm³/mol. The predicted octanol–water partition coefficient (Wildman–Crippen LogP) is 3.97. The standard InChI is InChI=1S/C23H36N6S/c1-3-24-23(27-15-7-6-14-26-21-12-4-5-13-25-21)28-18-19-10-8-16-29(2)22(19)20-11-9-17-30-20/h4-5,9,11-13,17,19,22H,3,6-8,10,14-16,18H2,1-2H3,(H,25,26)(H2,24,27,28). The Morgan fingerprint density at radius 1 is 1.20 bits per heavy atom. The molecule has 7 heteroatoms. The zero-order valence-corrected chi connectivity index (χ0v) is 19.1. The van der Waals surface area contributed by atoms with E-state index in [1.807, 2.05) is 35.7 Å². The molecule has 2 unspecified atom stereocenters. The van der Waals surface area contributed by atoms with Gasteiger partial charge in [-0.15, -0.1) is 11.3 Å². The molecular weight excluding hydrogens is 392 g/mol. The number of nitrogens with one attached hydrogen (secondary N) is 3. The first-order valence-electron chi connectivity index (χ1n) is 11.2. The third-order valence-electron chi connectivity index (χ3n) is 5.54. The molecule has 1 aliphatic heterocycles. The first kappa shape index (κ1) is 22.6. The van der Waals surface area contributed by atoms with E-state index >= 15 is 0 Å². The van der Waals surface area contributed by atoms with Crippen molar-refractivity contribution in [3.8, 4) is 0 Å². The molecule has 164 valence electrons. The Bertz CT molecular complexity index is 733. The number of piperidine rings is 1. The van der Waals surface area contributed by atoms with E-state index < -0.39 is 0 Å². The summed E-state index contributed by atoms with van der Waals surface area (Å²) >= 11 is 1.87. The van der Waals surface area contributed by atoms with Crippen LogP contribution in [0.2, 0.25) is 0 Å². The molecule has 1 saturated heterocycles. The zero-order chi connectivity index (χ0) is 21.0. The molecule has 3 rings (SSSR count). The minimum atomic E-state index is 0.489. The van der Waals surface area contributed by atoms with Crippen LogP contribution < -0.4 is 16.0 Å². The summed E-state index contributed by atoms with van der Waals surface area (Å²) in [5.41, 5.74) is 0. The number of thiophene rings is 1. The number of guanidine groups is 1. The fraction of sp³-hybridized carbons (Fsp3) is 0.565. The molecule has 0 radical (unpaired) electrons. The van der Waals surface area contributed by atoms with Crippen LogP contribution in [0.4, 0.5) is 5.82 Å². The Balaban J connectivity index is 1.44. The van der Waals surface area contributed by atoms with E-state index in [-0.39, 0.29) is 0 Å². The van der Waals surface area contributed by atoms with Crippen molar-refractivity contribution < 1.29 is 0 Å². The van der Waals surface area contributed by atoms with Crippen LogP contribution in [0.25, 0.3) is 0 Å². The molecule has 0 saturated carbocycles. The highest BCUT2D eigenvalue weighted by atomic mass is 32.1. The summed E-state index contributed by atoms with van der Waals surface area (Å²) in [6, 6.07) is 10.9. The van der Waals surface area contributed by atoms with Crippen molar-refractivity contribution in [2.75, 3.05) is 45.1 Å². The maximum atomic E-state index is 4.94. The number of likely N-dealkylation sites (tertiary alicyclic amines) is 1. The van der Waals surface area contributed by atoms with Crippen LogP contribution in [-0.2, 0) is 0 Å². The SMILES string of the molecule is CCNC(=NCC1CCCN(C)C1c1cccs1)NCCCCNc1ccccn1. The van der Waals surface area contributed by atoms with Gasteiger partial charge in [-0.2, -0.15) is 0 Å². The molecule has 1 aliphatic rings. The van der Waals surface area contributed by atoms with Gasteiger partial charge in [-0.05, 0) is 75.7 Å². The highest BCUT2D eigenvalue weighted by Crippen LogP contribution is 2.37. The van der Waals surface area contributed by atoms with Crippen LogP contribution >= 0.6 is 11.3 Å². The van der Waals surface area contributed by atoms with Crippen LogP contribution in [0, 0.1) is 5.92 Å². The lowest BCUT2D eigenvalue weighted by Gasteiger charge is -2.38. The number of rotatable bonds is 10. The number of hydrogen-bond donors (Lipinski definition) is 3. The molecule has 2 atom stereocenters. The summed E-state index contributed by atoms with van der Waals surface area (Å²) < 4.78 is 0. The zero-order valence-electron chi connectivity index (χ0n) is 18.3. The van der Waals surface area contributed by atoms with Crippen molar-refractivity contribution in [3.05, 3.63) is 46.8 Å². The molecule has 2 aromatic rings. The first-order chi connectivity index (χ1) is 14.8. The number of nitrogens with zero attached hydrogens (tertiary/aromatic N) is 3. The van der Waals surface area contributed by atoms with Gasteiger partial charge in [-0.1, -0.05) is 12.1 Å². The molecule has 0 spiro atoms. The largest absolute Gasteiger partial charge is 0.370 e. The molecule has 0 amide bonds. The molecule has 6 nitrogen and oxygen atoms in total. The van der Waals surface area contributed by atoms with Gasteiger partial charge >= 0.3 is 0 Å². The number of aromatic nitrogens is 1. The topological polar surface area (TPSA) is 64.6 Å². The number of aliphatic imine (C=N–C) groups is 1. The molecule has 0 bridgehead atoms. The van der Waals surface area contributed by atoms with E-state index in [4.69, 9.17) is 4.99 Å². The fourth-order valence-electron chi connectivity index (χ4n) is 4.05. The van der Waals surface area contributed by atoms with E-state index in [1.54, 1.807) is 0 Å². The number of unbranched alkanes of at least 4 members (excludes halogenated alkanes) is 1. The second-order valence-electron chi connectivity index (χ2n) is 7.84. The first-order valence-corrected chi connectivity index (χ1v) is 12.1. The second kappa shape index (κ2) is 12.5. The third kappa shape index (κ3) is 6.99. The van der Waals surface area contributed by atoms with Crippen molar-refractivity contribution >= 4 is 23.1 Å². The molecule has 3 heterocycles. The van der Waals surface area contributed by atoms with Gasteiger partial charge in [0.2, 0.25) is 0 Å². The maximum Gasteiger partial charge on any atom is 0.191 e. The fourth-order valence-corrected chi connectivity index (χ4v) is 5.03. The Morgan fingerprint density at radius 3 is 2.87 bits per heavy atom. The molecule has 0 aliphatic carbocycles. The molecule has 1 fully saturated rings. The minimum absolute atomic E-state index is 0.489. The van der Waals surface area contributed by atoms with Crippen LogP contribution in [0.15, 0.2) is 46.9 Å². The van der Waals surface area contributed by atoms with Crippen LogP contribution in [-0.4, -0.2) is 55.6 Å². The van der Waals surface area contributed by atoms with E-state index in [9.17, 15) is 0 Å². The third-order valence-corrected chi connectivity index (χ3v) is 6.48. The van der Waals surface area contributed by atoms with Crippen molar-refractivity contribution in [1.82, 2.24) is 20.5 Å². The summed E-state index contributed by atoms with van der Waals surface area (Å²) in [5, 5.41) is 12.5. The molecule has 2 aromatic heterocycles. The van der Waals surface area contributed by atoms with Crippen molar-refractivity contribution in [2.45, 2.75) is 38.6 Å². The average Bonchev–Trinajstić information content (AvgIpc) is 3.29. The van der Waals surface area contributed by atoms with E-state index in [0.717, 1.165) is 50.8 Å². The summed E-state index contributed by atoms with van der Waals surface area (Å²) in [7, 11) is 2.25. The number of pyridine rings is 1. The molecule has 30 heavy (non-hydrogen) atoms. The van der Waals surface area contributed by atoms with Crippen molar-refractivity contribution in [2.24, 2.45) is 10.9 Å². The van der Waals surface area contributed by atoms with Gasteiger partial charge in [-0.25, -0.2) is 4.98 Å². The molecule has 3 N–H and O–H groups in total. The Labute approximate surface area is 185 Å². The second-order valence-corrected chi connectivity index (χ2v) is 8.82. The normalized spacial score (nSPS) is 20.1. The van der Waals surface area contributed by atoms with E-state index in [1.165, 1.54) is 24.3 Å². The monoisotopic (exact) mass is 428 g/mol. The lowest BCUT2D eigenvalue weighted by atomic mass is 9.88. The van der Waals surface area contributed by atoms with Gasteiger partial charge in [0.25, 0.3) is 0 Å². The van der Waals surface area contributed by atoms with Crippen molar-refractivity contribution in [3.63, 3.8) is 0 Å². The highest BCUT2D eigenvalue weighted by Gasteiger charge is 2.31. The Morgan fingerprint density at radius 2 is 2.10 bits per heavy atom. The Hall–Kier alpha value is -2.12.